The van der Waals surface area contributed by atoms with Crippen molar-refractivity contribution in [3.05, 3.63) is 71.3 Å². The van der Waals surface area contributed by atoms with Gasteiger partial charge in [0.2, 0.25) is 5.91 Å². The van der Waals surface area contributed by atoms with Crippen LogP contribution in [-0.2, 0) is 23.9 Å². The topological polar surface area (TPSA) is 32.3 Å². The molecular weight excluding hydrogens is 341 g/mol. The van der Waals surface area contributed by atoms with Crippen LogP contribution in [0.4, 0.5) is 13.2 Å². The van der Waals surface area contributed by atoms with Gasteiger partial charge >= 0.3 is 6.18 Å². The van der Waals surface area contributed by atoms with Gasteiger partial charge in [0.05, 0.1) is 12.0 Å². The van der Waals surface area contributed by atoms with Gasteiger partial charge in [0, 0.05) is 25.7 Å². The van der Waals surface area contributed by atoms with Gasteiger partial charge in [0.1, 0.15) is 0 Å². The summed E-state index contributed by atoms with van der Waals surface area (Å²) in [5.74, 6) is -0.156. The molecule has 26 heavy (non-hydrogen) atoms. The van der Waals surface area contributed by atoms with Crippen molar-refractivity contribution in [2.75, 3.05) is 13.1 Å². The molecule has 0 aliphatic carbocycles. The zero-order valence-corrected chi connectivity index (χ0v) is 14.3. The van der Waals surface area contributed by atoms with Crippen molar-refractivity contribution in [1.82, 2.24) is 10.2 Å². The van der Waals surface area contributed by atoms with E-state index in [4.69, 9.17) is 0 Å². The quantitative estimate of drug-likeness (QED) is 0.881. The van der Waals surface area contributed by atoms with Crippen LogP contribution < -0.4 is 5.32 Å². The summed E-state index contributed by atoms with van der Waals surface area (Å²) >= 11 is 0. The highest BCUT2D eigenvalue weighted by molar-refractivity contribution is 5.78. The number of carbonyl (C=O) groups excluding carboxylic acids is 1. The Hall–Kier alpha value is -2.34. The van der Waals surface area contributed by atoms with E-state index >= 15 is 0 Å². The van der Waals surface area contributed by atoms with Gasteiger partial charge in [0.25, 0.3) is 0 Å². The minimum absolute atomic E-state index is 0.0839. The molecule has 3 rings (SSSR count). The number of nitrogens with zero attached hydrogens (tertiary/aromatic N) is 1. The second-order valence-corrected chi connectivity index (χ2v) is 6.65. The van der Waals surface area contributed by atoms with Gasteiger partial charge in [-0.25, -0.2) is 0 Å². The molecule has 0 spiro atoms. The lowest BCUT2D eigenvalue weighted by atomic mass is 10.1. The Kier molecular flexibility index (Phi) is 5.61. The van der Waals surface area contributed by atoms with Gasteiger partial charge < -0.3 is 5.32 Å². The molecule has 1 amide bonds. The first-order chi connectivity index (χ1) is 12.4. The molecule has 1 heterocycles. The van der Waals surface area contributed by atoms with Crippen molar-refractivity contribution in [3.8, 4) is 0 Å². The molecule has 138 valence electrons. The summed E-state index contributed by atoms with van der Waals surface area (Å²) in [4.78, 5) is 14.5. The molecule has 0 aromatic heterocycles. The third-order valence-corrected chi connectivity index (χ3v) is 4.53. The van der Waals surface area contributed by atoms with E-state index < -0.39 is 11.7 Å². The highest BCUT2D eigenvalue weighted by Gasteiger charge is 2.30. The van der Waals surface area contributed by atoms with Crippen LogP contribution in [0.25, 0.3) is 0 Å². The van der Waals surface area contributed by atoms with Crippen LogP contribution in [0.3, 0.4) is 0 Å². The van der Waals surface area contributed by atoms with Crippen LogP contribution in [0.5, 0.6) is 0 Å². The minimum atomic E-state index is -4.35. The Labute approximate surface area is 150 Å². The summed E-state index contributed by atoms with van der Waals surface area (Å²) in [5, 5.41) is 2.99. The Morgan fingerprint density at radius 1 is 1.04 bits per heavy atom. The smallest absolute Gasteiger partial charge is 0.352 e. The van der Waals surface area contributed by atoms with E-state index in [9.17, 15) is 18.0 Å². The lowest BCUT2D eigenvalue weighted by Gasteiger charge is -2.17. The van der Waals surface area contributed by atoms with E-state index in [2.05, 4.69) is 22.3 Å². The first kappa shape index (κ1) is 18.5. The van der Waals surface area contributed by atoms with Crippen LogP contribution in [0.15, 0.2) is 54.6 Å². The normalized spacial score (nSPS) is 18.0. The summed E-state index contributed by atoms with van der Waals surface area (Å²) in [5.41, 5.74) is 1.12. The van der Waals surface area contributed by atoms with Gasteiger partial charge in [-0.05, 0) is 29.7 Å². The maximum atomic E-state index is 12.6. The van der Waals surface area contributed by atoms with Crippen molar-refractivity contribution in [3.63, 3.8) is 0 Å². The second-order valence-electron chi connectivity index (χ2n) is 6.65. The average molecular weight is 362 g/mol. The number of carbonyl (C=O) groups is 1. The van der Waals surface area contributed by atoms with Crippen molar-refractivity contribution >= 4 is 5.91 Å². The monoisotopic (exact) mass is 362 g/mol. The highest BCUT2D eigenvalue weighted by Crippen LogP contribution is 2.29. The highest BCUT2D eigenvalue weighted by atomic mass is 19.4. The molecule has 1 N–H and O–H groups in total. The van der Waals surface area contributed by atoms with E-state index in [-0.39, 0.29) is 18.4 Å². The number of halogens is 3. The van der Waals surface area contributed by atoms with Gasteiger partial charge in [0.15, 0.2) is 0 Å². The maximum Gasteiger partial charge on any atom is 0.416 e. The van der Waals surface area contributed by atoms with Crippen LogP contribution in [0.1, 0.15) is 23.1 Å². The van der Waals surface area contributed by atoms with Crippen molar-refractivity contribution in [2.24, 2.45) is 0 Å². The van der Waals surface area contributed by atoms with Crippen LogP contribution in [0.2, 0.25) is 0 Å². The Morgan fingerprint density at radius 2 is 1.73 bits per heavy atom. The number of amides is 1. The third kappa shape index (κ3) is 5.08. The van der Waals surface area contributed by atoms with Crippen LogP contribution in [0, 0.1) is 0 Å². The Morgan fingerprint density at radius 3 is 2.38 bits per heavy atom. The molecule has 2 aromatic rings. The molecule has 1 fully saturated rings. The Bertz CT molecular complexity index is 729. The van der Waals surface area contributed by atoms with Crippen molar-refractivity contribution in [2.45, 2.75) is 31.6 Å². The largest absolute Gasteiger partial charge is 0.416 e. The molecular formula is C20H21F3N2O. The third-order valence-electron chi connectivity index (χ3n) is 4.53. The molecule has 1 aliphatic rings. The van der Waals surface area contributed by atoms with Gasteiger partial charge in [-0.15, -0.1) is 0 Å². The summed E-state index contributed by atoms with van der Waals surface area (Å²) in [6.07, 6.45) is -3.38. The van der Waals surface area contributed by atoms with Gasteiger partial charge in [-0.2, -0.15) is 13.2 Å². The van der Waals surface area contributed by atoms with E-state index in [1.54, 1.807) is 0 Å². The van der Waals surface area contributed by atoms with Crippen molar-refractivity contribution < 1.29 is 18.0 Å². The second kappa shape index (κ2) is 7.91. The number of rotatable bonds is 5. The summed E-state index contributed by atoms with van der Waals surface area (Å²) < 4.78 is 37.7. The van der Waals surface area contributed by atoms with Crippen molar-refractivity contribution in [1.29, 1.82) is 0 Å². The number of likely N-dealkylation sites (tertiary alicyclic amines) is 1. The van der Waals surface area contributed by atoms with E-state index in [1.807, 2.05) is 18.2 Å². The molecule has 0 unspecified atom stereocenters. The molecule has 0 bridgehead atoms. The fourth-order valence-electron chi connectivity index (χ4n) is 3.21. The molecule has 3 nitrogen and oxygen atoms in total. The maximum absolute atomic E-state index is 12.6. The number of hydrogen-bond acceptors (Lipinski definition) is 2. The number of benzene rings is 2. The lowest BCUT2D eigenvalue weighted by molar-refractivity contribution is -0.137. The number of alkyl halides is 3. The predicted molar refractivity (Wildman–Crippen MR) is 93.4 cm³/mol. The van der Waals surface area contributed by atoms with Crippen LogP contribution >= 0.6 is 0 Å². The summed E-state index contributed by atoms with van der Waals surface area (Å²) in [7, 11) is 0. The molecule has 0 radical (unpaired) electrons. The molecule has 6 heteroatoms. The standard InChI is InChI=1S/C20H21F3N2O/c21-20(22,23)17-8-6-15(7-9-17)12-19(26)24-18-10-11-25(14-18)13-16-4-2-1-3-5-16/h1-9,18H,10-14H2,(H,24,26)/t18-/m0/s1. The van der Waals surface area contributed by atoms with Gasteiger partial charge in [-0.1, -0.05) is 42.5 Å². The minimum Gasteiger partial charge on any atom is -0.352 e. The SMILES string of the molecule is O=C(Cc1ccc(C(F)(F)F)cc1)N[C@H]1CCN(Cc2ccccc2)C1. The fourth-order valence-corrected chi connectivity index (χ4v) is 3.21. The van der Waals surface area contributed by atoms with E-state index in [1.165, 1.54) is 17.7 Å². The predicted octanol–water partition coefficient (Wildman–Crippen LogP) is 3.64. The van der Waals surface area contributed by atoms with E-state index in [0.29, 0.717) is 5.56 Å². The lowest BCUT2D eigenvalue weighted by Crippen LogP contribution is -2.37. The first-order valence-electron chi connectivity index (χ1n) is 8.62. The Balaban J connectivity index is 1.47. The number of hydrogen-bond donors (Lipinski definition) is 1. The molecule has 1 atom stereocenters. The molecule has 1 aliphatic heterocycles. The summed E-state index contributed by atoms with van der Waals surface area (Å²) in [6.45, 7) is 2.56. The zero-order valence-electron chi connectivity index (χ0n) is 14.3. The van der Waals surface area contributed by atoms with E-state index in [0.717, 1.165) is 38.2 Å². The number of nitrogens with one attached hydrogen (secondary N) is 1. The molecule has 1 saturated heterocycles. The van der Waals surface area contributed by atoms with Gasteiger partial charge in [-0.3, -0.25) is 9.69 Å². The first-order valence-corrected chi connectivity index (χ1v) is 8.62. The van der Waals surface area contributed by atoms with Crippen LogP contribution in [-0.4, -0.2) is 29.9 Å². The molecule has 2 aromatic carbocycles. The molecule has 0 saturated carbocycles. The summed E-state index contributed by atoms with van der Waals surface area (Å²) in [6, 6.07) is 15.0. The zero-order chi connectivity index (χ0) is 18.6. The fraction of sp³-hybridized carbons (Fsp3) is 0.350. The average Bonchev–Trinajstić information content (AvgIpc) is 3.02.